The maximum atomic E-state index is 5.45. The van der Waals surface area contributed by atoms with E-state index in [4.69, 9.17) is 15.2 Å². The molecular formula is C13H19NO2. The topological polar surface area (TPSA) is 44.5 Å². The lowest BCUT2D eigenvalue weighted by molar-refractivity contribution is 0.0853. The molecule has 0 saturated carbocycles. The lowest BCUT2D eigenvalue weighted by Gasteiger charge is -2.22. The summed E-state index contributed by atoms with van der Waals surface area (Å²) in [5, 5.41) is 0. The van der Waals surface area contributed by atoms with Crippen molar-refractivity contribution in [2.45, 2.75) is 18.8 Å². The van der Waals surface area contributed by atoms with E-state index in [-0.39, 0.29) is 0 Å². The minimum absolute atomic E-state index is 0.557. The molecule has 0 aromatic heterocycles. The maximum absolute atomic E-state index is 5.45. The van der Waals surface area contributed by atoms with Crippen LogP contribution in [-0.4, -0.2) is 26.4 Å². The summed E-state index contributed by atoms with van der Waals surface area (Å²) in [6.07, 6.45) is 2.26. The number of hydrogen-bond acceptors (Lipinski definition) is 3. The van der Waals surface area contributed by atoms with E-state index < -0.39 is 0 Å². The first-order chi connectivity index (χ1) is 7.90. The molecule has 1 fully saturated rings. The molecule has 0 unspecified atom stereocenters. The fraction of sp³-hybridized carbons (Fsp3) is 0.538. The second-order valence-corrected chi connectivity index (χ2v) is 4.09. The Bertz CT molecular complexity index is 304. The normalized spacial score (nSPS) is 17.3. The third-order valence-electron chi connectivity index (χ3n) is 2.96. The molecule has 1 aliphatic heterocycles. The van der Waals surface area contributed by atoms with E-state index in [1.54, 1.807) is 0 Å². The van der Waals surface area contributed by atoms with Crippen LogP contribution in [0.25, 0.3) is 0 Å². The molecule has 1 aromatic rings. The minimum Gasteiger partial charge on any atom is -0.492 e. The van der Waals surface area contributed by atoms with E-state index in [9.17, 15) is 0 Å². The molecule has 1 aliphatic rings. The van der Waals surface area contributed by atoms with E-state index >= 15 is 0 Å². The lowest BCUT2D eigenvalue weighted by atomic mass is 9.92. The smallest absolute Gasteiger partial charge is 0.119 e. The average Bonchev–Trinajstić information content (AvgIpc) is 2.38. The zero-order valence-corrected chi connectivity index (χ0v) is 9.52. The molecule has 0 spiro atoms. The Hall–Kier alpha value is -1.06. The second-order valence-electron chi connectivity index (χ2n) is 4.09. The van der Waals surface area contributed by atoms with E-state index in [1.807, 2.05) is 12.1 Å². The Kier molecular flexibility index (Phi) is 4.19. The van der Waals surface area contributed by atoms with Crippen molar-refractivity contribution in [1.82, 2.24) is 0 Å². The van der Waals surface area contributed by atoms with Crippen LogP contribution in [-0.2, 0) is 4.74 Å². The summed E-state index contributed by atoms with van der Waals surface area (Å²) in [5.41, 5.74) is 6.78. The SMILES string of the molecule is NCCOc1ccc(C2CCOCC2)cc1. The molecule has 0 bridgehead atoms. The van der Waals surface area contributed by atoms with E-state index in [2.05, 4.69) is 12.1 Å². The molecule has 1 saturated heterocycles. The number of hydrogen-bond donors (Lipinski definition) is 1. The summed E-state index contributed by atoms with van der Waals surface area (Å²) in [6.45, 7) is 2.91. The second kappa shape index (κ2) is 5.87. The standard InChI is InChI=1S/C13H19NO2/c14-7-10-16-13-3-1-11(2-4-13)12-5-8-15-9-6-12/h1-4,12H,5-10,14H2. The Morgan fingerprint density at radius 2 is 1.88 bits per heavy atom. The van der Waals surface area contributed by atoms with E-state index in [0.29, 0.717) is 19.1 Å². The zero-order valence-electron chi connectivity index (χ0n) is 9.52. The van der Waals surface area contributed by atoms with Gasteiger partial charge in [-0.05, 0) is 36.5 Å². The van der Waals surface area contributed by atoms with Gasteiger partial charge in [0, 0.05) is 19.8 Å². The van der Waals surface area contributed by atoms with Crippen LogP contribution >= 0.6 is 0 Å². The summed E-state index contributed by atoms with van der Waals surface area (Å²) >= 11 is 0. The highest BCUT2D eigenvalue weighted by atomic mass is 16.5. The summed E-state index contributed by atoms with van der Waals surface area (Å²) in [5.74, 6) is 1.55. The Labute approximate surface area is 96.5 Å². The van der Waals surface area contributed by atoms with Crippen LogP contribution in [0, 0.1) is 0 Å². The van der Waals surface area contributed by atoms with Crippen LogP contribution in [0.5, 0.6) is 5.75 Å². The van der Waals surface area contributed by atoms with Gasteiger partial charge in [-0.1, -0.05) is 12.1 Å². The van der Waals surface area contributed by atoms with Gasteiger partial charge in [0.15, 0.2) is 0 Å². The van der Waals surface area contributed by atoms with Crippen molar-refractivity contribution in [3.63, 3.8) is 0 Å². The molecule has 0 amide bonds. The molecule has 0 radical (unpaired) electrons. The predicted molar refractivity (Wildman–Crippen MR) is 63.8 cm³/mol. The third-order valence-corrected chi connectivity index (χ3v) is 2.96. The fourth-order valence-electron chi connectivity index (χ4n) is 2.04. The lowest BCUT2D eigenvalue weighted by Crippen LogP contribution is -2.14. The molecule has 1 heterocycles. The first-order valence-electron chi connectivity index (χ1n) is 5.90. The number of ether oxygens (including phenoxy) is 2. The molecule has 0 aliphatic carbocycles. The zero-order chi connectivity index (χ0) is 11.2. The van der Waals surface area contributed by atoms with Crippen molar-refractivity contribution in [2.75, 3.05) is 26.4 Å². The first-order valence-corrected chi connectivity index (χ1v) is 5.90. The summed E-state index contributed by atoms with van der Waals surface area (Å²) in [7, 11) is 0. The molecular weight excluding hydrogens is 202 g/mol. The van der Waals surface area contributed by atoms with Crippen LogP contribution in [0.15, 0.2) is 24.3 Å². The predicted octanol–water partition coefficient (Wildman–Crippen LogP) is 1.92. The van der Waals surface area contributed by atoms with Gasteiger partial charge >= 0.3 is 0 Å². The van der Waals surface area contributed by atoms with Gasteiger partial charge in [0.25, 0.3) is 0 Å². The van der Waals surface area contributed by atoms with E-state index in [1.165, 1.54) is 5.56 Å². The molecule has 88 valence electrons. The van der Waals surface area contributed by atoms with Crippen molar-refractivity contribution in [2.24, 2.45) is 5.73 Å². The fourth-order valence-corrected chi connectivity index (χ4v) is 2.04. The van der Waals surface area contributed by atoms with Gasteiger partial charge in [-0.2, -0.15) is 0 Å². The van der Waals surface area contributed by atoms with Crippen molar-refractivity contribution in [3.8, 4) is 5.75 Å². The van der Waals surface area contributed by atoms with Crippen molar-refractivity contribution in [3.05, 3.63) is 29.8 Å². The molecule has 2 N–H and O–H groups in total. The molecule has 2 rings (SSSR count). The minimum atomic E-state index is 0.557. The maximum Gasteiger partial charge on any atom is 0.119 e. The Balaban J connectivity index is 1.95. The average molecular weight is 221 g/mol. The Morgan fingerprint density at radius 1 is 1.19 bits per heavy atom. The third kappa shape index (κ3) is 2.97. The molecule has 3 heteroatoms. The highest BCUT2D eigenvalue weighted by Gasteiger charge is 2.15. The van der Waals surface area contributed by atoms with Gasteiger partial charge < -0.3 is 15.2 Å². The Morgan fingerprint density at radius 3 is 2.50 bits per heavy atom. The van der Waals surface area contributed by atoms with Gasteiger partial charge in [0.1, 0.15) is 12.4 Å². The molecule has 1 aromatic carbocycles. The summed E-state index contributed by atoms with van der Waals surface area (Å²) < 4.78 is 10.8. The highest BCUT2D eigenvalue weighted by Crippen LogP contribution is 2.27. The monoisotopic (exact) mass is 221 g/mol. The van der Waals surface area contributed by atoms with Gasteiger partial charge in [0.05, 0.1) is 0 Å². The van der Waals surface area contributed by atoms with Gasteiger partial charge in [-0.3, -0.25) is 0 Å². The first kappa shape index (κ1) is 11.4. The molecule has 3 nitrogen and oxygen atoms in total. The van der Waals surface area contributed by atoms with Crippen molar-refractivity contribution >= 4 is 0 Å². The largest absolute Gasteiger partial charge is 0.492 e. The van der Waals surface area contributed by atoms with Crippen LogP contribution in [0.2, 0.25) is 0 Å². The van der Waals surface area contributed by atoms with Crippen LogP contribution < -0.4 is 10.5 Å². The number of benzene rings is 1. The summed E-state index contributed by atoms with van der Waals surface area (Å²) in [4.78, 5) is 0. The van der Waals surface area contributed by atoms with Gasteiger partial charge in [0.2, 0.25) is 0 Å². The van der Waals surface area contributed by atoms with Crippen LogP contribution in [0.3, 0.4) is 0 Å². The highest BCUT2D eigenvalue weighted by molar-refractivity contribution is 5.29. The molecule has 0 atom stereocenters. The van der Waals surface area contributed by atoms with Crippen LogP contribution in [0.1, 0.15) is 24.3 Å². The molecule has 16 heavy (non-hydrogen) atoms. The van der Waals surface area contributed by atoms with Gasteiger partial charge in [-0.25, -0.2) is 0 Å². The van der Waals surface area contributed by atoms with Crippen molar-refractivity contribution < 1.29 is 9.47 Å². The number of nitrogens with two attached hydrogens (primary N) is 1. The van der Waals surface area contributed by atoms with Gasteiger partial charge in [-0.15, -0.1) is 0 Å². The van der Waals surface area contributed by atoms with Crippen molar-refractivity contribution in [1.29, 1.82) is 0 Å². The quantitative estimate of drug-likeness (QED) is 0.844. The van der Waals surface area contributed by atoms with Crippen LogP contribution in [0.4, 0.5) is 0 Å². The number of rotatable bonds is 4. The summed E-state index contributed by atoms with van der Waals surface area (Å²) in [6, 6.07) is 8.37. The van der Waals surface area contributed by atoms with E-state index in [0.717, 1.165) is 31.8 Å².